The van der Waals surface area contributed by atoms with Gasteiger partial charge >= 0.3 is 0 Å². The minimum atomic E-state index is -2.84. The van der Waals surface area contributed by atoms with Gasteiger partial charge in [-0.25, -0.2) is 8.42 Å². The van der Waals surface area contributed by atoms with E-state index in [9.17, 15) is 8.42 Å². The van der Waals surface area contributed by atoms with Gasteiger partial charge < -0.3 is 5.32 Å². The van der Waals surface area contributed by atoms with Gasteiger partial charge in [0, 0.05) is 11.8 Å². The maximum atomic E-state index is 11.6. The maximum Gasteiger partial charge on any atom is 0.150 e. The SMILES string of the molecule is CCCNC(CCCS(=O)(=O)CC)Cc1cccc(C)c1. The van der Waals surface area contributed by atoms with Crippen LogP contribution >= 0.6 is 0 Å². The molecule has 0 heterocycles. The molecule has 0 bridgehead atoms. The number of sulfone groups is 1. The van der Waals surface area contributed by atoms with Crippen molar-refractivity contribution in [2.75, 3.05) is 18.1 Å². The van der Waals surface area contributed by atoms with Crippen LogP contribution in [0.5, 0.6) is 0 Å². The van der Waals surface area contributed by atoms with Gasteiger partial charge in [-0.05, 0) is 44.7 Å². The standard InChI is InChI=1S/C17H29NO2S/c1-4-11-18-17(10-7-12-21(19,20)5-2)14-16-9-6-8-15(3)13-16/h6,8-9,13,17-18H,4-5,7,10-12,14H2,1-3H3. The minimum Gasteiger partial charge on any atom is -0.314 e. The quantitative estimate of drug-likeness (QED) is 0.722. The summed E-state index contributed by atoms with van der Waals surface area (Å²) in [5.74, 6) is 0.555. The van der Waals surface area contributed by atoms with Crippen molar-refractivity contribution in [1.82, 2.24) is 5.32 Å². The summed E-state index contributed by atoms with van der Waals surface area (Å²) in [6.45, 7) is 6.95. The number of aryl methyl sites for hydroxylation is 1. The normalized spacial score (nSPS) is 13.3. The average Bonchev–Trinajstić information content (AvgIpc) is 2.44. The van der Waals surface area contributed by atoms with Crippen molar-refractivity contribution in [3.8, 4) is 0 Å². The van der Waals surface area contributed by atoms with Crippen molar-refractivity contribution in [2.24, 2.45) is 0 Å². The zero-order chi connectivity index (χ0) is 15.7. The molecule has 1 unspecified atom stereocenters. The Hall–Kier alpha value is -0.870. The van der Waals surface area contributed by atoms with E-state index in [2.05, 4.69) is 43.4 Å². The fourth-order valence-electron chi connectivity index (χ4n) is 2.44. The number of hydrogen-bond donors (Lipinski definition) is 1. The summed E-state index contributed by atoms with van der Waals surface area (Å²) >= 11 is 0. The lowest BCUT2D eigenvalue weighted by Gasteiger charge is -2.19. The highest BCUT2D eigenvalue weighted by Gasteiger charge is 2.12. The van der Waals surface area contributed by atoms with Gasteiger partial charge in [0.15, 0.2) is 0 Å². The van der Waals surface area contributed by atoms with Crippen LogP contribution in [0.1, 0.15) is 44.2 Å². The highest BCUT2D eigenvalue weighted by Crippen LogP contribution is 2.11. The van der Waals surface area contributed by atoms with Gasteiger partial charge in [0.25, 0.3) is 0 Å². The lowest BCUT2D eigenvalue weighted by atomic mass is 10.0. The molecule has 0 saturated heterocycles. The fraction of sp³-hybridized carbons (Fsp3) is 0.647. The van der Waals surface area contributed by atoms with Crippen LogP contribution in [0.25, 0.3) is 0 Å². The summed E-state index contributed by atoms with van der Waals surface area (Å²) in [7, 11) is -2.84. The molecule has 1 rings (SSSR count). The molecule has 0 spiro atoms. The summed E-state index contributed by atoms with van der Waals surface area (Å²) in [4.78, 5) is 0. The zero-order valence-corrected chi connectivity index (χ0v) is 14.4. The summed E-state index contributed by atoms with van der Waals surface area (Å²) in [5.41, 5.74) is 2.59. The summed E-state index contributed by atoms with van der Waals surface area (Å²) < 4.78 is 23.2. The molecule has 0 aliphatic rings. The van der Waals surface area contributed by atoms with Crippen LogP contribution in [-0.4, -0.2) is 32.5 Å². The summed E-state index contributed by atoms with van der Waals surface area (Å²) in [6, 6.07) is 8.91. The van der Waals surface area contributed by atoms with E-state index < -0.39 is 9.84 Å². The first-order chi connectivity index (χ1) is 9.96. The van der Waals surface area contributed by atoms with Crippen molar-refractivity contribution in [3.63, 3.8) is 0 Å². The Morgan fingerprint density at radius 1 is 1.24 bits per heavy atom. The molecular formula is C17H29NO2S. The smallest absolute Gasteiger partial charge is 0.150 e. The fourth-order valence-corrected chi connectivity index (χ4v) is 3.34. The lowest BCUT2D eigenvalue weighted by Crippen LogP contribution is -2.32. The van der Waals surface area contributed by atoms with Gasteiger partial charge in [-0.1, -0.05) is 43.7 Å². The van der Waals surface area contributed by atoms with E-state index >= 15 is 0 Å². The van der Waals surface area contributed by atoms with E-state index in [0.29, 0.717) is 11.8 Å². The third kappa shape index (κ3) is 7.63. The minimum absolute atomic E-state index is 0.248. The van der Waals surface area contributed by atoms with Gasteiger partial charge in [-0.2, -0.15) is 0 Å². The van der Waals surface area contributed by atoms with Crippen LogP contribution in [0.15, 0.2) is 24.3 Å². The highest BCUT2D eigenvalue weighted by molar-refractivity contribution is 7.91. The molecule has 21 heavy (non-hydrogen) atoms. The molecule has 0 amide bonds. The van der Waals surface area contributed by atoms with Crippen LogP contribution in [0.3, 0.4) is 0 Å². The second kappa shape index (κ2) is 9.21. The first kappa shape index (κ1) is 18.2. The maximum absolute atomic E-state index is 11.6. The highest BCUT2D eigenvalue weighted by atomic mass is 32.2. The molecule has 4 heteroatoms. The van der Waals surface area contributed by atoms with Crippen molar-refractivity contribution in [3.05, 3.63) is 35.4 Å². The molecule has 0 fully saturated rings. The zero-order valence-electron chi connectivity index (χ0n) is 13.6. The third-order valence-corrected chi connectivity index (χ3v) is 5.49. The van der Waals surface area contributed by atoms with Gasteiger partial charge in [0.05, 0.1) is 5.75 Å². The Morgan fingerprint density at radius 2 is 2.00 bits per heavy atom. The molecule has 0 aliphatic carbocycles. The van der Waals surface area contributed by atoms with Gasteiger partial charge in [-0.15, -0.1) is 0 Å². The second-order valence-corrected chi connectivity index (χ2v) is 8.20. The second-order valence-electron chi connectivity index (χ2n) is 5.72. The van der Waals surface area contributed by atoms with E-state index in [4.69, 9.17) is 0 Å². The summed E-state index contributed by atoms with van der Waals surface area (Å²) in [5, 5.41) is 3.55. The predicted molar refractivity (Wildman–Crippen MR) is 90.5 cm³/mol. The largest absolute Gasteiger partial charge is 0.314 e. The first-order valence-electron chi connectivity index (χ1n) is 7.96. The van der Waals surface area contributed by atoms with E-state index in [1.165, 1.54) is 11.1 Å². The Bertz CT molecular complexity index is 511. The molecule has 0 aliphatic heterocycles. The third-order valence-electron chi connectivity index (χ3n) is 3.70. The van der Waals surface area contributed by atoms with Crippen LogP contribution in [-0.2, 0) is 16.3 Å². The Morgan fingerprint density at radius 3 is 2.62 bits per heavy atom. The molecule has 0 radical (unpaired) electrons. The Kier molecular flexibility index (Phi) is 7.97. The molecular weight excluding hydrogens is 282 g/mol. The van der Waals surface area contributed by atoms with E-state index in [0.717, 1.165) is 32.2 Å². The van der Waals surface area contributed by atoms with Crippen LogP contribution in [0.2, 0.25) is 0 Å². The van der Waals surface area contributed by atoms with Gasteiger partial charge in [-0.3, -0.25) is 0 Å². The number of benzene rings is 1. The molecule has 0 aromatic heterocycles. The topological polar surface area (TPSA) is 46.2 Å². The number of nitrogens with one attached hydrogen (secondary N) is 1. The van der Waals surface area contributed by atoms with Gasteiger partial charge in [0.2, 0.25) is 0 Å². The van der Waals surface area contributed by atoms with E-state index in [-0.39, 0.29) is 5.75 Å². The number of hydrogen-bond acceptors (Lipinski definition) is 3. The Balaban J connectivity index is 2.55. The first-order valence-corrected chi connectivity index (χ1v) is 9.78. The van der Waals surface area contributed by atoms with E-state index in [1.807, 2.05) is 0 Å². The lowest BCUT2D eigenvalue weighted by molar-refractivity contribution is 0.472. The molecule has 1 aromatic rings. The molecule has 0 saturated carbocycles. The molecule has 1 N–H and O–H groups in total. The van der Waals surface area contributed by atoms with Gasteiger partial charge in [0.1, 0.15) is 9.84 Å². The average molecular weight is 311 g/mol. The van der Waals surface area contributed by atoms with Crippen LogP contribution < -0.4 is 5.32 Å². The molecule has 3 nitrogen and oxygen atoms in total. The van der Waals surface area contributed by atoms with Crippen LogP contribution in [0.4, 0.5) is 0 Å². The molecule has 1 aromatic carbocycles. The van der Waals surface area contributed by atoms with Crippen molar-refractivity contribution >= 4 is 9.84 Å². The van der Waals surface area contributed by atoms with Crippen molar-refractivity contribution in [2.45, 2.75) is 52.5 Å². The monoisotopic (exact) mass is 311 g/mol. The van der Waals surface area contributed by atoms with Crippen molar-refractivity contribution < 1.29 is 8.42 Å². The summed E-state index contributed by atoms with van der Waals surface area (Å²) in [6.07, 6.45) is 3.71. The van der Waals surface area contributed by atoms with E-state index in [1.54, 1.807) is 6.92 Å². The Labute approximate surface area is 130 Å². The van der Waals surface area contributed by atoms with Crippen LogP contribution in [0, 0.1) is 6.92 Å². The van der Waals surface area contributed by atoms with Crippen molar-refractivity contribution in [1.29, 1.82) is 0 Å². The molecule has 120 valence electrons. The predicted octanol–water partition coefficient (Wildman–Crippen LogP) is 3.12. The molecule has 1 atom stereocenters. The number of rotatable bonds is 10.